The zero-order valence-electron chi connectivity index (χ0n) is 19.6. The van der Waals surface area contributed by atoms with Crippen LogP contribution in [0.5, 0.6) is 5.75 Å². The molecule has 1 N–H and O–H groups in total. The van der Waals surface area contributed by atoms with Gasteiger partial charge in [0.2, 0.25) is 5.91 Å². The Labute approximate surface area is 191 Å². The first-order chi connectivity index (χ1) is 15.4. The van der Waals surface area contributed by atoms with Crippen LogP contribution in [0.25, 0.3) is 10.8 Å². The quantitative estimate of drug-likeness (QED) is 0.424. The largest absolute Gasteiger partial charge is 0.497 e. The molecule has 2 aromatic rings. The van der Waals surface area contributed by atoms with Gasteiger partial charge in [-0.3, -0.25) is 9.36 Å². The Morgan fingerprint density at radius 2 is 1.66 bits per heavy atom. The zero-order chi connectivity index (χ0) is 23.1. The van der Waals surface area contributed by atoms with Crippen LogP contribution in [0, 0.1) is 5.92 Å². The van der Waals surface area contributed by atoms with E-state index in [0.29, 0.717) is 0 Å². The molecule has 2 aromatic carbocycles. The van der Waals surface area contributed by atoms with Crippen LogP contribution in [0.3, 0.4) is 0 Å². The molecule has 176 valence electrons. The van der Waals surface area contributed by atoms with E-state index in [1.165, 1.54) is 6.42 Å². The van der Waals surface area contributed by atoms with E-state index in [9.17, 15) is 9.36 Å². The molecule has 0 radical (unpaired) electrons. The summed E-state index contributed by atoms with van der Waals surface area (Å²) >= 11 is 0. The van der Waals surface area contributed by atoms with E-state index in [2.05, 4.69) is 5.32 Å². The first-order valence-electron chi connectivity index (χ1n) is 11.7. The van der Waals surface area contributed by atoms with Gasteiger partial charge >= 0.3 is 7.60 Å². The molecule has 0 unspecified atom stereocenters. The van der Waals surface area contributed by atoms with Crippen molar-refractivity contribution in [3.05, 3.63) is 42.0 Å². The summed E-state index contributed by atoms with van der Waals surface area (Å²) in [5, 5.41) is 5.19. The molecule has 1 amide bonds. The highest BCUT2D eigenvalue weighted by atomic mass is 31.2. The lowest BCUT2D eigenvalue weighted by atomic mass is 9.88. The highest BCUT2D eigenvalue weighted by Crippen LogP contribution is 2.56. The highest BCUT2D eigenvalue weighted by molar-refractivity contribution is 7.54. The molecule has 0 aliphatic heterocycles. The number of carbonyl (C=O) groups is 1. The minimum Gasteiger partial charge on any atom is -0.497 e. The van der Waals surface area contributed by atoms with Crippen LogP contribution in [-0.4, -0.2) is 32.0 Å². The minimum atomic E-state index is -3.48. The maximum Gasteiger partial charge on any atom is 0.353 e. The Balaban J connectivity index is 1.84. The van der Waals surface area contributed by atoms with Crippen molar-refractivity contribution in [3.63, 3.8) is 0 Å². The van der Waals surface area contributed by atoms with Gasteiger partial charge in [0.15, 0.2) is 0 Å². The van der Waals surface area contributed by atoms with Crippen molar-refractivity contribution in [1.29, 1.82) is 0 Å². The van der Waals surface area contributed by atoms with Gasteiger partial charge in [0.05, 0.1) is 26.2 Å². The molecule has 0 bridgehead atoms. The summed E-state index contributed by atoms with van der Waals surface area (Å²) in [7, 11) is -1.83. The lowest BCUT2D eigenvalue weighted by molar-refractivity contribution is -0.123. The van der Waals surface area contributed by atoms with Crippen LogP contribution >= 0.6 is 7.60 Å². The van der Waals surface area contributed by atoms with E-state index in [1.54, 1.807) is 21.0 Å². The minimum absolute atomic E-state index is 0.0906. The molecule has 32 heavy (non-hydrogen) atoms. The van der Waals surface area contributed by atoms with E-state index < -0.39 is 19.3 Å². The Kier molecular flexibility index (Phi) is 8.75. The van der Waals surface area contributed by atoms with Crippen molar-refractivity contribution in [2.75, 3.05) is 20.3 Å². The standard InChI is InChI=1S/C25H36NO5P/c1-5-30-32(28,31-6-2)25(19-10-8-7-9-11-19)26-24(27)18(3)20-12-13-22-17-23(29-4)15-14-21(22)16-20/h12-19,25H,5-11H2,1-4H3,(H,26,27)/t18-,25+/m0/s1. The fraction of sp³-hybridized carbons (Fsp3) is 0.560. The van der Waals surface area contributed by atoms with Gasteiger partial charge in [-0.2, -0.15) is 0 Å². The van der Waals surface area contributed by atoms with Crippen LogP contribution in [0.2, 0.25) is 0 Å². The third-order valence-corrected chi connectivity index (χ3v) is 8.78. The van der Waals surface area contributed by atoms with Crippen LogP contribution in [0.15, 0.2) is 36.4 Å². The fourth-order valence-corrected chi connectivity index (χ4v) is 6.74. The number of hydrogen-bond donors (Lipinski definition) is 1. The molecule has 0 saturated heterocycles. The Morgan fingerprint density at radius 1 is 1.03 bits per heavy atom. The number of benzene rings is 2. The maximum absolute atomic E-state index is 13.7. The normalized spacial score (nSPS) is 17.1. The molecule has 7 heteroatoms. The average molecular weight is 462 g/mol. The van der Waals surface area contributed by atoms with E-state index in [0.717, 1.165) is 47.8 Å². The summed E-state index contributed by atoms with van der Waals surface area (Å²) < 4.78 is 30.3. The summed E-state index contributed by atoms with van der Waals surface area (Å²) in [4.78, 5) is 13.3. The van der Waals surface area contributed by atoms with Gasteiger partial charge in [0.25, 0.3) is 0 Å². The first kappa shape index (κ1) is 24.8. The predicted molar refractivity (Wildman–Crippen MR) is 128 cm³/mol. The monoisotopic (exact) mass is 461 g/mol. The molecular weight excluding hydrogens is 425 g/mol. The Hall–Kier alpha value is -1.88. The molecule has 1 aliphatic rings. The molecule has 0 aromatic heterocycles. The van der Waals surface area contributed by atoms with Gasteiger partial charge in [-0.15, -0.1) is 0 Å². The van der Waals surface area contributed by atoms with E-state index in [-0.39, 0.29) is 25.0 Å². The van der Waals surface area contributed by atoms with E-state index in [4.69, 9.17) is 13.8 Å². The summed E-state index contributed by atoms with van der Waals surface area (Å²) in [6.45, 7) is 6.04. The van der Waals surface area contributed by atoms with Crippen molar-refractivity contribution in [3.8, 4) is 5.75 Å². The van der Waals surface area contributed by atoms with Gasteiger partial charge in [0, 0.05) is 0 Å². The fourth-order valence-electron chi connectivity index (χ4n) is 4.52. The number of nitrogens with one attached hydrogen (secondary N) is 1. The average Bonchev–Trinajstić information content (AvgIpc) is 2.82. The third-order valence-electron chi connectivity index (χ3n) is 6.31. The topological polar surface area (TPSA) is 73.9 Å². The summed E-state index contributed by atoms with van der Waals surface area (Å²) in [5.41, 5.74) is 0.908. The molecule has 1 aliphatic carbocycles. The highest BCUT2D eigenvalue weighted by Gasteiger charge is 2.43. The van der Waals surface area contributed by atoms with Gasteiger partial charge in [-0.05, 0) is 68.0 Å². The summed E-state index contributed by atoms with van der Waals surface area (Å²) in [5.74, 6) is -0.290. The number of fused-ring (bicyclic) bond motifs is 1. The number of rotatable bonds is 10. The molecule has 0 spiro atoms. The second kappa shape index (κ2) is 11.3. The number of hydrogen-bond acceptors (Lipinski definition) is 5. The molecule has 3 rings (SSSR count). The van der Waals surface area contributed by atoms with Crippen LogP contribution < -0.4 is 10.1 Å². The SMILES string of the molecule is CCOP(=O)(OCC)[C@@H](NC(=O)[C@@H](C)c1ccc2cc(OC)ccc2c1)C1CCCCC1. The van der Waals surface area contributed by atoms with E-state index >= 15 is 0 Å². The number of methoxy groups -OCH3 is 1. The van der Waals surface area contributed by atoms with Crippen molar-refractivity contribution in [1.82, 2.24) is 5.32 Å². The predicted octanol–water partition coefficient (Wildman–Crippen LogP) is 6.24. The molecule has 1 fully saturated rings. The van der Waals surface area contributed by atoms with Crippen LogP contribution in [0.1, 0.15) is 64.4 Å². The molecule has 0 heterocycles. The molecular formula is C25H36NO5P. The van der Waals surface area contributed by atoms with Gasteiger partial charge in [-0.1, -0.05) is 43.5 Å². The van der Waals surface area contributed by atoms with Gasteiger partial charge in [-0.25, -0.2) is 0 Å². The Bertz CT molecular complexity index is 946. The van der Waals surface area contributed by atoms with Crippen molar-refractivity contribution in [2.45, 2.75) is 64.6 Å². The first-order valence-corrected chi connectivity index (χ1v) is 13.3. The lowest BCUT2D eigenvalue weighted by Gasteiger charge is -2.35. The van der Waals surface area contributed by atoms with Crippen LogP contribution in [-0.2, 0) is 18.4 Å². The van der Waals surface area contributed by atoms with Gasteiger partial charge < -0.3 is 19.1 Å². The van der Waals surface area contributed by atoms with Crippen molar-refractivity contribution < 1.29 is 23.1 Å². The van der Waals surface area contributed by atoms with Gasteiger partial charge in [0.1, 0.15) is 11.5 Å². The Morgan fingerprint density at radius 3 is 2.28 bits per heavy atom. The maximum atomic E-state index is 13.7. The van der Waals surface area contributed by atoms with Crippen LogP contribution in [0.4, 0.5) is 0 Å². The third kappa shape index (κ3) is 5.72. The number of amides is 1. The number of carbonyl (C=O) groups excluding carboxylic acids is 1. The van der Waals surface area contributed by atoms with E-state index in [1.807, 2.05) is 43.3 Å². The van der Waals surface area contributed by atoms with Crippen molar-refractivity contribution in [2.24, 2.45) is 5.92 Å². The second-order valence-corrected chi connectivity index (χ2v) is 10.6. The smallest absolute Gasteiger partial charge is 0.353 e. The van der Waals surface area contributed by atoms with Crippen molar-refractivity contribution >= 4 is 24.3 Å². The lowest BCUT2D eigenvalue weighted by Crippen LogP contribution is -2.43. The zero-order valence-corrected chi connectivity index (χ0v) is 20.5. The summed E-state index contributed by atoms with van der Waals surface area (Å²) in [6, 6.07) is 11.9. The molecule has 2 atom stereocenters. The second-order valence-electron chi connectivity index (χ2n) is 8.42. The number of ether oxygens (including phenoxy) is 1. The summed E-state index contributed by atoms with van der Waals surface area (Å²) in [6.07, 6.45) is 5.14. The molecule has 1 saturated carbocycles. The molecule has 6 nitrogen and oxygen atoms in total.